The SMILES string of the molecule is Cc1ccc(C)c([C@H](C)NC(=O)[C@H]2CCCN(Cc3ccc(F)cc3)C2)c1. The molecular weight excluding hydrogens is 339 g/mol. The summed E-state index contributed by atoms with van der Waals surface area (Å²) in [7, 11) is 0. The van der Waals surface area contributed by atoms with Gasteiger partial charge in [-0.3, -0.25) is 9.69 Å². The van der Waals surface area contributed by atoms with Gasteiger partial charge in [-0.2, -0.15) is 0 Å². The highest BCUT2D eigenvalue weighted by molar-refractivity contribution is 5.79. The third-order valence-electron chi connectivity index (χ3n) is 5.46. The van der Waals surface area contributed by atoms with Gasteiger partial charge < -0.3 is 5.32 Å². The van der Waals surface area contributed by atoms with Crippen molar-refractivity contribution in [3.05, 3.63) is 70.5 Å². The maximum atomic E-state index is 13.1. The van der Waals surface area contributed by atoms with Crippen molar-refractivity contribution >= 4 is 5.91 Å². The highest BCUT2D eigenvalue weighted by Crippen LogP contribution is 2.22. The number of hydrogen-bond acceptors (Lipinski definition) is 2. The number of halogens is 1. The summed E-state index contributed by atoms with van der Waals surface area (Å²) in [5.41, 5.74) is 4.68. The average molecular weight is 368 g/mol. The molecule has 1 aliphatic rings. The predicted octanol–water partition coefficient (Wildman–Crippen LogP) is 4.53. The van der Waals surface area contributed by atoms with Crippen molar-refractivity contribution in [3.63, 3.8) is 0 Å². The van der Waals surface area contributed by atoms with E-state index in [2.05, 4.69) is 49.2 Å². The minimum atomic E-state index is -0.213. The van der Waals surface area contributed by atoms with Gasteiger partial charge in [0.05, 0.1) is 12.0 Å². The predicted molar refractivity (Wildman–Crippen MR) is 107 cm³/mol. The number of aryl methyl sites for hydroxylation is 2. The van der Waals surface area contributed by atoms with Crippen LogP contribution in [0.3, 0.4) is 0 Å². The Kier molecular flexibility index (Phi) is 6.27. The summed E-state index contributed by atoms with van der Waals surface area (Å²) in [6, 6.07) is 13.0. The van der Waals surface area contributed by atoms with E-state index < -0.39 is 0 Å². The standard InChI is InChI=1S/C23H29FN2O/c1-16-6-7-17(2)22(13-16)18(3)25-23(27)20-5-4-12-26(15-20)14-19-8-10-21(24)11-9-19/h6-11,13,18,20H,4-5,12,14-15H2,1-3H3,(H,25,27)/t18-,20-/m0/s1. The first-order valence-electron chi connectivity index (χ1n) is 9.76. The number of rotatable bonds is 5. The Morgan fingerprint density at radius 1 is 1.22 bits per heavy atom. The first-order chi connectivity index (χ1) is 12.9. The number of nitrogens with one attached hydrogen (secondary N) is 1. The van der Waals surface area contributed by atoms with Gasteiger partial charge in [0.25, 0.3) is 0 Å². The van der Waals surface area contributed by atoms with Crippen LogP contribution in [0.1, 0.15) is 48.1 Å². The molecule has 0 bridgehead atoms. The lowest BCUT2D eigenvalue weighted by molar-refractivity contribution is -0.127. The molecule has 0 aliphatic carbocycles. The fourth-order valence-corrected chi connectivity index (χ4v) is 3.90. The fourth-order valence-electron chi connectivity index (χ4n) is 3.90. The number of piperidine rings is 1. The molecule has 3 rings (SSSR count). The molecule has 1 fully saturated rings. The molecule has 2 aromatic carbocycles. The zero-order valence-electron chi connectivity index (χ0n) is 16.5. The lowest BCUT2D eigenvalue weighted by atomic mass is 9.95. The second kappa shape index (κ2) is 8.66. The second-order valence-corrected chi connectivity index (χ2v) is 7.79. The Morgan fingerprint density at radius 2 is 1.96 bits per heavy atom. The first-order valence-corrected chi connectivity index (χ1v) is 9.76. The Balaban J connectivity index is 1.59. The van der Waals surface area contributed by atoms with Crippen LogP contribution >= 0.6 is 0 Å². The van der Waals surface area contributed by atoms with Crippen molar-refractivity contribution in [2.45, 2.75) is 46.2 Å². The van der Waals surface area contributed by atoms with Gasteiger partial charge in [0.1, 0.15) is 5.82 Å². The molecule has 1 N–H and O–H groups in total. The topological polar surface area (TPSA) is 32.3 Å². The van der Waals surface area contributed by atoms with E-state index in [0.717, 1.165) is 38.0 Å². The summed E-state index contributed by atoms with van der Waals surface area (Å²) in [6.07, 6.45) is 1.93. The molecule has 4 heteroatoms. The molecule has 0 aromatic heterocycles. The second-order valence-electron chi connectivity index (χ2n) is 7.79. The van der Waals surface area contributed by atoms with Crippen molar-refractivity contribution in [1.29, 1.82) is 0 Å². The van der Waals surface area contributed by atoms with Crippen LogP contribution in [-0.4, -0.2) is 23.9 Å². The van der Waals surface area contributed by atoms with Crippen molar-refractivity contribution < 1.29 is 9.18 Å². The quantitative estimate of drug-likeness (QED) is 0.841. The largest absolute Gasteiger partial charge is 0.349 e. The lowest BCUT2D eigenvalue weighted by Gasteiger charge is -2.32. The van der Waals surface area contributed by atoms with E-state index in [0.29, 0.717) is 0 Å². The van der Waals surface area contributed by atoms with Crippen LogP contribution in [0.5, 0.6) is 0 Å². The molecule has 0 saturated carbocycles. The smallest absolute Gasteiger partial charge is 0.224 e. The lowest BCUT2D eigenvalue weighted by Crippen LogP contribution is -2.43. The van der Waals surface area contributed by atoms with E-state index in [1.807, 2.05) is 12.1 Å². The molecule has 27 heavy (non-hydrogen) atoms. The van der Waals surface area contributed by atoms with E-state index in [1.165, 1.54) is 28.8 Å². The molecule has 144 valence electrons. The number of carbonyl (C=O) groups excluding carboxylic acids is 1. The zero-order chi connectivity index (χ0) is 19.4. The summed E-state index contributed by atoms with van der Waals surface area (Å²) >= 11 is 0. The normalized spacial score (nSPS) is 18.9. The van der Waals surface area contributed by atoms with E-state index in [1.54, 1.807) is 0 Å². The monoisotopic (exact) mass is 368 g/mol. The summed E-state index contributed by atoms with van der Waals surface area (Å²) in [5.74, 6) is -0.0749. The van der Waals surface area contributed by atoms with E-state index in [-0.39, 0.29) is 23.7 Å². The zero-order valence-corrected chi connectivity index (χ0v) is 16.5. The van der Waals surface area contributed by atoms with Crippen LogP contribution in [0.25, 0.3) is 0 Å². The van der Waals surface area contributed by atoms with Gasteiger partial charge in [-0.15, -0.1) is 0 Å². The van der Waals surface area contributed by atoms with Crippen LogP contribution in [0.15, 0.2) is 42.5 Å². The molecule has 1 heterocycles. The van der Waals surface area contributed by atoms with Crippen LogP contribution < -0.4 is 5.32 Å². The number of hydrogen-bond donors (Lipinski definition) is 1. The van der Waals surface area contributed by atoms with Crippen LogP contribution in [0.4, 0.5) is 4.39 Å². The van der Waals surface area contributed by atoms with Crippen LogP contribution in [0.2, 0.25) is 0 Å². The van der Waals surface area contributed by atoms with Crippen LogP contribution in [0, 0.1) is 25.6 Å². The van der Waals surface area contributed by atoms with E-state index in [4.69, 9.17) is 0 Å². The molecule has 3 nitrogen and oxygen atoms in total. The van der Waals surface area contributed by atoms with Gasteiger partial charge >= 0.3 is 0 Å². The number of likely N-dealkylation sites (tertiary alicyclic amines) is 1. The van der Waals surface area contributed by atoms with Gasteiger partial charge in [-0.05, 0) is 69.0 Å². The number of nitrogens with zero attached hydrogens (tertiary/aromatic N) is 1. The molecular formula is C23H29FN2O. The highest BCUT2D eigenvalue weighted by atomic mass is 19.1. The number of amides is 1. The highest BCUT2D eigenvalue weighted by Gasteiger charge is 2.27. The Labute approximate surface area is 161 Å². The minimum absolute atomic E-state index is 0.00451. The Hall–Kier alpha value is -2.20. The summed E-state index contributed by atoms with van der Waals surface area (Å²) < 4.78 is 13.1. The maximum absolute atomic E-state index is 13.1. The number of benzene rings is 2. The van der Waals surface area contributed by atoms with Gasteiger partial charge in [-0.25, -0.2) is 4.39 Å². The van der Waals surface area contributed by atoms with Crippen molar-refractivity contribution in [1.82, 2.24) is 10.2 Å². The Morgan fingerprint density at radius 3 is 2.70 bits per heavy atom. The Bertz CT molecular complexity index is 787. The average Bonchev–Trinajstić information content (AvgIpc) is 2.65. The third-order valence-corrected chi connectivity index (χ3v) is 5.46. The molecule has 0 unspecified atom stereocenters. The molecule has 0 radical (unpaired) electrons. The molecule has 1 saturated heterocycles. The summed E-state index contributed by atoms with van der Waals surface area (Å²) in [6.45, 7) is 8.71. The first kappa shape index (κ1) is 19.6. The van der Waals surface area contributed by atoms with Gasteiger partial charge in [0.2, 0.25) is 5.91 Å². The third kappa shape index (κ3) is 5.16. The molecule has 2 atom stereocenters. The minimum Gasteiger partial charge on any atom is -0.349 e. The molecule has 0 spiro atoms. The molecule has 1 amide bonds. The van der Waals surface area contributed by atoms with E-state index in [9.17, 15) is 9.18 Å². The maximum Gasteiger partial charge on any atom is 0.224 e. The van der Waals surface area contributed by atoms with Crippen LogP contribution in [-0.2, 0) is 11.3 Å². The number of carbonyl (C=O) groups is 1. The summed E-state index contributed by atoms with van der Waals surface area (Å²) in [5, 5.41) is 3.21. The van der Waals surface area contributed by atoms with E-state index >= 15 is 0 Å². The van der Waals surface area contributed by atoms with Crippen molar-refractivity contribution in [2.75, 3.05) is 13.1 Å². The molecule has 1 aliphatic heterocycles. The van der Waals surface area contributed by atoms with Gasteiger partial charge in [0.15, 0.2) is 0 Å². The van der Waals surface area contributed by atoms with Gasteiger partial charge in [0, 0.05) is 13.1 Å². The summed E-state index contributed by atoms with van der Waals surface area (Å²) in [4.78, 5) is 15.1. The fraction of sp³-hybridized carbons (Fsp3) is 0.435. The molecule has 2 aromatic rings. The van der Waals surface area contributed by atoms with Crippen molar-refractivity contribution in [2.24, 2.45) is 5.92 Å². The van der Waals surface area contributed by atoms with Crippen molar-refractivity contribution in [3.8, 4) is 0 Å². The van der Waals surface area contributed by atoms with Gasteiger partial charge in [-0.1, -0.05) is 35.9 Å².